The van der Waals surface area contributed by atoms with E-state index in [1.165, 1.54) is 0 Å². The van der Waals surface area contributed by atoms with Crippen LogP contribution in [-0.2, 0) is 26.2 Å². The number of hydrogen-bond acceptors (Lipinski definition) is 5. The molecule has 0 aliphatic carbocycles. The first kappa shape index (κ1) is 21.5. The maximum Gasteiger partial charge on any atom is 0.309 e. The van der Waals surface area contributed by atoms with Gasteiger partial charge in [-0.3, -0.25) is 4.79 Å². The Morgan fingerprint density at radius 3 is 2.58 bits per heavy atom. The van der Waals surface area contributed by atoms with E-state index in [-0.39, 0.29) is 32.5 Å². The molecule has 9 heteroatoms. The van der Waals surface area contributed by atoms with Gasteiger partial charge in [0.15, 0.2) is 0 Å². The Hall–Kier alpha value is -2.78. The van der Waals surface area contributed by atoms with E-state index < -0.39 is 38.4 Å². The number of carbonyl (C=O) groups excluding carboxylic acids is 1. The molecule has 31 heavy (non-hydrogen) atoms. The lowest BCUT2D eigenvalue weighted by molar-refractivity contribution is -0.151. The Bertz CT molecular complexity index is 1230. The van der Waals surface area contributed by atoms with Crippen LogP contribution in [0, 0.1) is 24.5 Å². The molecule has 1 aliphatic rings. The summed E-state index contributed by atoms with van der Waals surface area (Å²) in [5, 5.41) is 0.955. The minimum absolute atomic E-state index is 0.00758. The molecule has 3 aromatic rings. The topological polar surface area (TPSA) is 76.8 Å². The summed E-state index contributed by atoms with van der Waals surface area (Å²) in [6, 6.07) is 9.84. The molecule has 4 rings (SSSR count). The number of fused-ring (bicyclic) bond motifs is 1. The molecular weight excluding hydrogens is 428 g/mol. The van der Waals surface area contributed by atoms with E-state index in [1.807, 2.05) is 31.2 Å². The molecule has 0 N–H and O–H groups in total. The lowest BCUT2D eigenvalue weighted by Gasteiger charge is -2.30. The first-order chi connectivity index (χ1) is 14.8. The van der Waals surface area contributed by atoms with Gasteiger partial charge in [0.2, 0.25) is 10.0 Å². The van der Waals surface area contributed by atoms with Crippen LogP contribution in [0.2, 0.25) is 0 Å². The first-order valence-electron chi connectivity index (χ1n) is 9.86. The van der Waals surface area contributed by atoms with Crippen molar-refractivity contribution in [1.29, 1.82) is 0 Å². The number of ether oxygens (including phenoxy) is 1. The third-order valence-electron chi connectivity index (χ3n) is 5.59. The Morgan fingerprint density at radius 1 is 1.16 bits per heavy atom. The Kier molecular flexibility index (Phi) is 5.81. The minimum atomic E-state index is -4.19. The molecule has 0 saturated carbocycles. The number of carbonyl (C=O) groups is 1. The van der Waals surface area contributed by atoms with Gasteiger partial charge >= 0.3 is 5.97 Å². The number of esters is 1. The molecule has 1 aliphatic heterocycles. The smallest absolute Gasteiger partial charge is 0.309 e. The number of aryl methyl sites for hydroxylation is 1. The highest BCUT2D eigenvalue weighted by Gasteiger charge is 2.34. The van der Waals surface area contributed by atoms with Crippen molar-refractivity contribution in [3.63, 3.8) is 0 Å². The van der Waals surface area contributed by atoms with E-state index in [4.69, 9.17) is 9.15 Å². The van der Waals surface area contributed by atoms with E-state index in [9.17, 15) is 22.0 Å². The SMILES string of the molecule is Cc1c(COC(=O)C2CCN(S(=O)(=O)c3cc(F)ccc3F)CC2)oc2ccccc12. The van der Waals surface area contributed by atoms with E-state index in [0.717, 1.165) is 27.4 Å². The van der Waals surface area contributed by atoms with Crippen molar-refractivity contribution in [2.75, 3.05) is 13.1 Å². The third-order valence-corrected chi connectivity index (χ3v) is 7.50. The molecule has 0 unspecified atom stereocenters. The van der Waals surface area contributed by atoms with Gasteiger partial charge in [0.1, 0.15) is 34.5 Å². The zero-order valence-electron chi connectivity index (χ0n) is 16.8. The van der Waals surface area contributed by atoms with E-state index in [2.05, 4.69) is 0 Å². The summed E-state index contributed by atoms with van der Waals surface area (Å²) < 4.78 is 64.9. The van der Waals surface area contributed by atoms with Crippen LogP contribution in [0.25, 0.3) is 11.0 Å². The fraction of sp³-hybridized carbons (Fsp3) is 0.318. The van der Waals surface area contributed by atoms with Crippen LogP contribution in [0.1, 0.15) is 24.2 Å². The summed E-state index contributed by atoms with van der Waals surface area (Å²) >= 11 is 0. The fourth-order valence-corrected chi connectivity index (χ4v) is 5.31. The van der Waals surface area contributed by atoms with Gasteiger partial charge in [-0.25, -0.2) is 17.2 Å². The van der Waals surface area contributed by atoms with Crippen molar-refractivity contribution in [3.05, 3.63) is 65.4 Å². The number of nitrogens with zero attached hydrogens (tertiary/aromatic N) is 1. The molecule has 1 fully saturated rings. The van der Waals surface area contributed by atoms with Crippen molar-refractivity contribution in [3.8, 4) is 0 Å². The lowest BCUT2D eigenvalue weighted by Crippen LogP contribution is -2.40. The molecule has 164 valence electrons. The van der Waals surface area contributed by atoms with Crippen molar-refractivity contribution >= 4 is 27.0 Å². The maximum absolute atomic E-state index is 13.9. The first-order valence-corrected chi connectivity index (χ1v) is 11.3. The molecule has 0 bridgehead atoms. The quantitative estimate of drug-likeness (QED) is 0.547. The van der Waals surface area contributed by atoms with Crippen molar-refractivity contribution in [2.24, 2.45) is 5.92 Å². The Morgan fingerprint density at radius 2 is 1.87 bits per heavy atom. The standard InChI is InChI=1S/C22H21F2NO5S/c1-14-17-4-2-3-5-19(17)30-20(14)13-29-22(26)15-8-10-25(11-9-15)31(27,28)21-12-16(23)6-7-18(21)24/h2-7,12,15H,8-11,13H2,1H3. The number of sulfonamides is 1. The number of rotatable bonds is 5. The number of halogens is 2. The predicted octanol–water partition coefficient (Wildman–Crippen LogP) is 4.16. The highest BCUT2D eigenvalue weighted by molar-refractivity contribution is 7.89. The summed E-state index contributed by atoms with van der Waals surface area (Å²) in [5.41, 5.74) is 1.62. The van der Waals surface area contributed by atoms with Crippen molar-refractivity contribution in [2.45, 2.75) is 31.3 Å². The van der Waals surface area contributed by atoms with Gasteiger partial charge < -0.3 is 9.15 Å². The molecular formula is C22H21F2NO5S. The molecule has 0 spiro atoms. The van der Waals surface area contributed by atoms with Crippen molar-refractivity contribution in [1.82, 2.24) is 4.31 Å². The molecule has 1 aromatic heterocycles. The molecule has 0 atom stereocenters. The fourth-order valence-electron chi connectivity index (χ4n) is 3.76. The average Bonchev–Trinajstić information content (AvgIpc) is 3.09. The molecule has 6 nitrogen and oxygen atoms in total. The molecule has 2 heterocycles. The van der Waals surface area contributed by atoms with Crippen LogP contribution in [-0.4, -0.2) is 31.8 Å². The van der Waals surface area contributed by atoms with Crippen LogP contribution in [0.3, 0.4) is 0 Å². The maximum atomic E-state index is 13.9. The summed E-state index contributed by atoms with van der Waals surface area (Å²) in [6.45, 7) is 1.92. The number of hydrogen-bond donors (Lipinski definition) is 0. The second-order valence-electron chi connectivity index (χ2n) is 7.51. The summed E-state index contributed by atoms with van der Waals surface area (Å²) in [4.78, 5) is 11.8. The number of para-hydroxylation sites is 1. The van der Waals surface area contributed by atoms with Gasteiger partial charge in [-0.05, 0) is 44.0 Å². The summed E-state index contributed by atoms with van der Waals surface area (Å²) in [5.74, 6) is -2.19. The Balaban J connectivity index is 1.37. The molecule has 1 saturated heterocycles. The zero-order valence-corrected chi connectivity index (χ0v) is 17.6. The second kappa shape index (κ2) is 8.39. The van der Waals surface area contributed by atoms with Gasteiger partial charge in [-0.1, -0.05) is 18.2 Å². The van der Waals surface area contributed by atoms with Crippen LogP contribution in [0.4, 0.5) is 8.78 Å². The van der Waals surface area contributed by atoms with Crippen molar-refractivity contribution < 1.29 is 31.1 Å². The van der Waals surface area contributed by atoms with Gasteiger partial charge in [0.25, 0.3) is 0 Å². The third kappa shape index (κ3) is 4.20. The van der Waals surface area contributed by atoms with Gasteiger partial charge in [-0.15, -0.1) is 0 Å². The molecule has 2 aromatic carbocycles. The summed E-state index contributed by atoms with van der Waals surface area (Å²) in [6.07, 6.45) is 0.461. The van der Waals surface area contributed by atoms with Crippen LogP contribution in [0.15, 0.2) is 51.8 Å². The number of furan rings is 1. The molecule has 0 amide bonds. The second-order valence-corrected chi connectivity index (χ2v) is 9.41. The number of benzene rings is 2. The van der Waals surface area contributed by atoms with Gasteiger partial charge in [-0.2, -0.15) is 4.31 Å². The van der Waals surface area contributed by atoms with Gasteiger partial charge in [0, 0.05) is 24.0 Å². The van der Waals surface area contributed by atoms with Crippen LogP contribution < -0.4 is 0 Å². The summed E-state index contributed by atoms with van der Waals surface area (Å²) in [7, 11) is -4.19. The highest BCUT2D eigenvalue weighted by Crippen LogP contribution is 2.28. The average molecular weight is 449 g/mol. The Labute approximate surface area is 178 Å². The predicted molar refractivity (Wildman–Crippen MR) is 109 cm³/mol. The van der Waals surface area contributed by atoms with Crippen LogP contribution >= 0.6 is 0 Å². The van der Waals surface area contributed by atoms with E-state index in [1.54, 1.807) is 0 Å². The monoisotopic (exact) mass is 449 g/mol. The van der Waals surface area contributed by atoms with E-state index in [0.29, 0.717) is 17.4 Å². The molecule has 0 radical (unpaired) electrons. The minimum Gasteiger partial charge on any atom is -0.457 e. The highest BCUT2D eigenvalue weighted by atomic mass is 32.2. The number of piperidine rings is 1. The van der Waals surface area contributed by atoms with Gasteiger partial charge in [0.05, 0.1) is 5.92 Å². The van der Waals surface area contributed by atoms with Crippen LogP contribution in [0.5, 0.6) is 0 Å². The zero-order chi connectivity index (χ0) is 22.2. The normalized spacial score (nSPS) is 16.0. The largest absolute Gasteiger partial charge is 0.457 e. The lowest BCUT2D eigenvalue weighted by atomic mass is 9.98. The van der Waals surface area contributed by atoms with E-state index >= 15 is 0 Å².